The minimum Gasteiger partial charge on any atom is -0.480 e. The molecule has 5 N–H and O–H groups in total. The zero-order valence-corrected chi connectivity index (χ0v) is 4.87. The van der Waals surface area contributed by atoms with Crippen molar-refractivity contribution in [2.75, 3.05) is 6.54 Å². The fraction of sp³-hybridized carbons (Fsp3) is 0.500. The minimum atomic E-state index is -0.968. The van der Waals surface area contributed by atoms with Crippen LogP contribution in [-0.4, -0.2) is 40.5 Å². The molecule has 0 aliphatic rings. The predicted molar refractivity (Wildman–Crippen MR) is 26.1 cm³/mol. The second-order valence-electron chi connectivity index (χ2n) is 0.598. The summed E-state index contributed by atoms with van der Waals surface area (Å²) in [7, 11) is 0. The monoisotopic (exact) mass is 120 g/mol. The molecule has 0 aromatic carbocycles. The van der Waals surface area contributed by atoms with Crippen LogP contribution in [-0.2, 0) is 4.79 Å². The van der Waals surface area contributed by atoms with Crippen LogP contribution >= 0.6 is 0 Å². The van der Waals surface area contributed by atoms with Crippen LogP contribution < -0.4 is 5.73 Å². The van der Waals surface area contributed by atoms with Gasteiger partial charge in [-0.3, -0.25) is 4.79 Å². The number of rotatable bonds is 1. The number of hydrogen-bond acceptors (Lipinski definition) is 2. The Balaban J connectivity index is -0.0000000800. The Bertz CT molecular complexity index is 48.2. The smallest absolute Gasteiger partial charge is 0.317 e. The number of carboxylic acid groups (broad SMARTS) is 1. The van der Waals surface area contributed by atoms with Crippen molar-refractivity contribution in [1.82, 2.24) is 0 Å². The first-order valence-corrected chi connectivity index (χ1v) is 1.19. The lowest BCUT2D eigenvalue weighted by molar-refractivity contribution is -0.135. The summed E-state index contributed by atoms with van der Waals surface area (Å²) < 4.78 is 0. The van der Waals surface area contributed by atoms with E-state index in [2.05, 4.69) is 5.73 Å². The fourth-order valence-electron chi connectivity index (χ4n) is 0. The summed E-state index contributed by atoms with van der Waals surface area (Å²) in [6, 6.07) is 0. The zero-order chi connectivity index (χ0) is 4.28. The Morgan fingerprint density at radius 1 is 1.71 bits per heavy atom. The standard InChI is InChI=1S/C2H5NO2.Al.H2O/c3-1-2(4)5;;/h1,3H2,(H,4,5);;1H2. The molecule has 7 heavy (non-hydrogen) atoms. The molecule has 0 amide bonds. The molecule has 0 saturated carbocycles. The molecule has 0 atom stereocenters. The molecular weight excluding hydrogens is 113 g/mol. The van der Waals surface area contributed by atoms with Crippen LogP contribution in [0.1, 0.15) is 0 Å². The largest absolute Gasteiger partial charge is 0.480 e. The Morgan fingerprint density at radius 3 is 1.86 bits per heavy atom. The molecule has 0 aromatic heterocycles. The molecule has 0 unspecified atom stereocenters. The lowest BCUT2D eigenvalue weighted by Crippen LogP contribution is -2.10. The van der Waals surface area contributed by atoms with E-state index in [1.54, 1.807) is 0 Å². The van der Waals surface area contributed by atoms with Crippen molar-refractivity contribution in [2.45, 2.75) is 0 Å². The zero-order valence-electron chi connectivity index (χ0n) is 3.72. The predicted octanol–water partition coefficient (Wildman–Crippen LogP) is -2.18. The van der Waals surface area contributed by atoms with E-state index in [1.807, 2.05) is 0 Å². The van der Waals surface area contributed by atoms with E-state index in [1.165, 1.54) is 0 Å². The number of carboxylic acids is 1. The highest BCUT2D eigenvalue weighted by Gasteiger charge is 1.81. The highest BCUT2D eigenvalue weighted by molar-refractivity contribution is 5.75. The summed E-state index contributed by atoms with van der Waals surface area (Å²) in [6.07, 6.45) is 0. The second kappa shape index (κ2) is 9.33. The van der Waals surface area contributed by atoms with Crippen molar-refractivity contribution in [3.63, 3.8) is 0 Å². The Hall–Kier alpha value is -0.0775. The Kier molecular flexibility index (Phi) is 21.0. The minimum absolute atomic E-state index is 0. The molecule has 3 radical (unpaired) electrons. The normalized spacial score (nSPS) is 5.29. The molecular formula is C2H7AlNO3. The van der Waals surface area contributed by atoms with Gasteiger partial charge in [-0.1, -0.05) is 0 Å². The summed E-state index contributed by atoms with van der Waals surface area (Å²) in [5.74, 6) is -0.968. The molecule has 0 saturated heterocycles. The second-order valence-corrected chi connectivity index (χ2v) is 0.598. The fourth-order valence-corrected chi connectivity index (χ4v) is 0. The molecule has 0 rings (SSSR count). The number of carbonyl (C=O) groups is 1. The molecule has 0 bridgehead atoms. The van der Waals surface area contributed by atoms with E-state index in [9.17, 15) is 4.79 Å². The van der Waals surface area contributed by atoms with Gasteiger partial charge in [-0.05, 0) is 0 Å². The lowest BCUT2D eigenvalue weighted by Gasteiger charge is -1.73. The first kappa shape index (κ1) is 15.8. The van der Waals surface area contributed by atoms with Gasteiger partial charge in [0.2, 0.25) is 0 Å². The van der Waals surface area contributed by atoms with Gasteiger partial charge in [0.1, 0.15) is 0 Å². The molecule has 4 nitrogen and oxygen atoms in total. The average Bonchev–Trinajstić information content (AvgIpc) is 1.38. The first-order chi connectivity index (χ1) is 2.27. The van der Waals surface area contributed by atoms with Gasteiger partial charge in [0.25, 0.3) is 0 Å². The SMILES string of the molecule is NCC(=O)O.O.[Al]. The highest BCUT2D eigenvalue weighted by Crippen LogP contribution is 1.43. The third-order valence-electron chi connectivity index (χ3n) is 0.175. The van der Waals surface area contributed by atoms with Gasteiger partial charge in [-0.25, -0.2) is 0 Å². The van der Waals surface area contributed by atoms with Crippen LogP contribution in [0.3, 0.4) is 0 Å². The summed E-state index contributed by atoms with van der Waals surface area (Å²) in [6.45, 7) is -0.278. The number of nitrogens with two attached hydrogens (primary N) is 1. The molecule has 0 aliphatic heterocycles. The van der Waals surface area contributed by atoms with E-state index in [0.717, 1.165) is 0 Å². The van der Waals surface area contributed by atoms with E-state index in [-0.39, 0.29) is 29.4 Å². The van der Waals surface area contributed by atoms with Gasteiger partial charge in [-0.2, -0.15) is 0 Å². The average molecular weight is 120 g/mol. The third kappa shape index (κ3) is 24.7. The molecule has 0 aromatic rings. The summed E-state index contributed by atoms with van der Waals surface area (Å²) in [5.41, 5.74) is 4.57. The van der Waals surface area contributed by atoms with Crippen LogP contribution in [0.4, 0.5) is 0 Å². The molecule has 0 spiro atoms. The van der Waals surface area contributed by atoms with Gasteiger partial charge in [-0.15, -0.1) is 0 Å². The maximum absolute atomic E-state index is 9.24. The topological polar surface area (TPSA) is 94.8 Å². The van der Waals surface area contributed by atoms with E-state index in [4.69, 9.17) is 5.11 Å². The van der Waals surface area contributed by atoms with Crippen molar-refractivity contribution >= 4 is 23.3 Å². The van der Waals surface area contributed by atoms with Crippen LogP contribution in [0.5, 0.6) is 0 Å². The lowest BCUT2D eigenvalue weighted by atomic mass is 10.7. The van der Waals surface area contributed by atoms with E-state index >= 15 is 0 Å². The van der Waals surface area contributed by atoms with Crippen LogP contribution in [0, 0.1) is 0 Å². The van der Waals surface area contributed by atoms with Crippen molar-refractivity contribution < 1.29 is 15.4 Å². The van der Waals surface area contributed by atoms with E-state index < -0.39 is 5.97 Å². The highest BCUT2D eigenvalue weighted by atomic mass is 27.0. The quantitative estimate of drug-likeness (QED) is 0.385. The van der Waals surface area contributed by atoms with Crippen molar-refractivity contribution in [3.05, 3.63) is 0 Å². The first-order valence-electron chi connectivity index (χ1n) is 1.19. The van der Waals surface area contributed by atoms with Gasteiger partial charge in [0.05, 0.1) is 6.54 Å². The van der Waals surface area contributed by atoms with Crippen LogP contribution in [0.2, 0.25) is 0 Å². The Morgan fingerprint density at radius 2 is 1.86 bits per heavy atom. The van der Waals surface area contributed by atoms with Gasteiger partial charge < -0.3 is 16.3 Å². The molecule has 0 aliphatic carbocycles. The van der Waals surface area contributed by atoms with Crippen molar-refractivity contribution in [3.8, 4) is 0 Å². The van der Waals surface area contributed by atoms with Crippen molar-refractivity contribution in [2.24, 2.45) is 5.73 Å². The molecule has 0 fully saturated rings. The summed E-state index contributed by atoms with van der Waals surface area (Å²) in [5, 5.41) is 7.60. The van der Waals surface area contributed by atoms with E-state index in [0.29, 0.717) is 0 Å². The molecule has 0 heterocycles. The van der Waals surface area contributed by atoms with Crippen LogP contribution in [0.15, 0.2) is 0 Å². The third-order valence-corrected chi connectivity index (χ3v) is 0.175. The van der Waals surface area contributed by atoms with Crippen molar-refractivity contribution in [1.29, 1.82) is 0 Å². The number of aliphatic carboxylic acids is 1. The molecule has 41 valence electrons. The summed E-state index contributed by atoms with van der Waals surface area (Å²) in [4.78, 5) is 9.24. The maximum atomic E-state index is 9.24. The summed E-state index contributed by atoms with van der Waals surface area (Å²) >= 11 is 0. The Labute approximate surface area is 51.8 Å². The van der Waals surface area contributed by atoms with Gasteiger partial charge in [0, 0.05) is 17.4 Å². The number of hydrogen-bond donors (Lipinski definition) is 2. The van der Waals surface area contributed by atoms with Crippen LogP contribution in [0.25, 0.3) is 0 Å². The van der Waals surface area contributed by atoms with Gasteiger partial charge in [0.15, 0.2) is 0 Å². The van der Waals surface area contributed by atoms with Gasteiger partial charge >= 0.3 is 5.97 Å². The molecule has 5 heteroatoms. The maximum Gasteiger partial charge on any atom is 0.317 e.